The summed E-state index contributed by atoms with van der Waals surface area (Å²) in [7, 11) is 0. The Kier molecular flexibility index (Phi) is 5.59. The van der Waals surface area contributed by atoms with Crippen molar-refractivity contribution in [2.75, 3.05) is 0 Å². The van der Waals surface area contributed by atoms with Gasteiger partial charge in [-0.25, -0.2) is 0 Å². The first-order chi connectivity index (χ1) is 18.5. The van der Waals surface area contributed by atoms with E-state index in [1.807, 2.05) is 38.3 Å². The fourth-order valence-electron chi connectivity index (χ4n) is 11.6. The zero-order valence-electron chi connectivity index (χ0n) is 25.9. The molecule has 1 heterocycles. The number of carbonyl (C=O) groups is 2. The van der Waals surface area contributed by atoms with Crippen molar-refractivity contribution in [3.63, 3.8) is 0 Å². The third-order valence-corrected chi connectivity index (χ3v) is 13.7. The number of hydrogen-bond donors (Lipinski definition) is 0. The molecule has 0 saturated heterocycles. The minimum absolute atomic E-state index is 0.0182. The smallest absolute Gasteiger partial charge is 0.178 e. The van der Waals surface area contributed by atoms with Crippen LogP contribution in [0.2, 0.25) is 0 Å². The summed E-state index contributed by atoms with van der Waals surface area (Å²) in [5, 5.41) is 14.6. The molecule has 0 bridgehead atoms. The van der Waals surface area contributed by atoms with Crippen molar-refractivity contribution in [3.8, 4) is 6.07 Å². The van der Waals surface area contributed by atoms with E-state index in [0.717, 1.165) is 45.1 Å². The molecule has 1 aromatic rings. The third-order valence-electron chi connectivity index (χ3n) is 13.7. The van der Waals surface area contributed by atoms with E-state index in [9.17, 15) is 14.9 Å². The van der Waals surface area contributed by atoms with E-state index in [2.05, 4.69) is 63.6 Å². The van der Waals surface area contributed by atoms with E-state index in [0.29, 0.717) is 0 Å². The molecule has 0 amide bonds. The number of rotatable bonds is 2. The summed E-state index contributed by atoms with van der Waals surface area (Å²) in [6.45, 7) is 19.2. The summed E-state index contributed by atoms with van der Waals surface area (Å²) < 4.78 is 2.11. The Balaban J connectivity index is 1.54. The zero-order chi connectivity index (χ0) is 29.1. The lowest BCUT2D eigenvalue weighted by Gasteiger charge is -2.72. The number of aromatic nitrogens is 2. The second kappa shape index (κ2) is 8.08. The fraction of sp³-hybridized carbons (Fsp3) is 0.714. The Labute approximate surface area is 240 Å². The molecule has 5 aliphatic rings. The number of nitrogens with zero attached hydrogens (tertiary/aromatic N) is 3. The van der Waals surface area contributed by atoms with Crippen molar-refractivity contribution in [1.82, 2.24) is 9.78 Å². The van der Waals surface area contributed by atoms with Gasteiger partial charge in [-0.2, -0.15) is 10.4 Å². The van der Waals surface area contributed by atoms with Crippen LogP contribution in [0.25, 0.3) is 0 Å². The number of nitriles is 1. The molecule has 7 atom stereocenters. The largest absolute Gasteiger partial charge is 0.295 e. The van der Waals surface area contributed by atoms with Crippen LogP contribution in [0.5, 0.6) is 0 Å². The third kappa shape index (κ3) is 3.23. The van der Waals surface area contributed by atoms with Gasteiger partial charge in [0.1, 0.15) is 6.07 Å². The highest BCUT2D eigenvalue weighted by Crippen LogP contribution is 2.77. The van der Waals surface area contributed by atoms with E-state index >= 15 is 0 Å². The van der Waals surface area contributed by atoms with Crippen LogP contribution in [0.15, 0.2) is 41.8 Å². The van der Waals surface area contributed by atoms with Crippen LogP contribution < -0.4 is 0 Å². The van der Waals surface area contributed by atoms with Crippen molar-refractivity contribution in [3.05, 3.63) is 41.8 Å². The van der Waals surface area contributed by atoms with Gasteiger partial charge < -0.3 is 0 Å². The molecule has 3 fully saturated rings. The van der Waals surface area contributed by atoms with Crippen molar-refractivity contribution in [2.45, 2.75) is 107 Å². The maximum absolute atomic E-state index is 14.8. The van der Waals surface area contributed by atoms with Gasteiger partial charge in [-0.05, 0) is 90.1 Å². The van der Waals surface area contributed by atoms with Crippen LogP contribution in [-0.2, 0) is 16.1 Å². The van der Waals surface area contributed by atoms with Crippen molar-refractivity contribution in [2.24, 2.45) is 49.7 Å². The van der Waals surface area contributed by atoms with Crippen LogP contribution in [-0.4, -0.2) is 21.3 Å². The summed E-state index contributed by atoms with van der Waals surface area (Å²) in [4.78, 5) is 28.1. The molecule has 6 rings (SSSR count). The first-order valence-electron chi connectivity index (χ1n) is 15.4. The number of ketones is 2. The Morgan fingerprint density at radius 1 is 0.975 bits per heavy atom. The summed E-state index contributed by atoms with van der Waals surface area (Å²) in [5.74, 6) is 0.216. The van der Waals surface area contributed by atoms with Crippen LogP contribution in [0, 0.1) is 61.1 Å². The second-order valence-corrected chi connectivity index (χ2v) is 16.5. The van der Waals surface area contributed by atoms with E-state index in [-0.39, 0.29) is 56.1 Å². The Hall–Kier alpha value is -2.48. The second-order valence-electron chi connectivity index (χ2n) is 16.5. The van der Waals surface area contributed by atoms with E-state index in [1.165, 1.54) is 12.0 Å². The summed E-state index contributed by atoms with van der Waals surface area (Å²) in [6.07, 6.45) is 15.2. The summed E-state index contributed by atoms with van der Waals surface area (Å²) in [6, 6.07) is 4.23. The standard InChI is InChI=1S/C35H47N3O2/c1-29(2)12-14-35(22-38-17-9-16-37-38)15-13-33(7)27(34(35,8)21-29)24(39)18-26-31(5)19-23(20-36)28(40)30(3,4)25(31)10-11-32(26,33)6/h9,16-19,25,27H,10-15,21-22H2,1-8H3/t25?,27-,31-,32+,33+,34-,35+/m0/s1. The number of hydrogen-bond acceptors (Lipinski definition) is 4. The molecular formula is C35H47N3O2. The average molecular weight is 542 g/mol. The van der Waals surface area contributed by atoms with Gasteiger partial charge in [-0.1, -0.05) is 67.0 Å². The fourth-order valence-corrected chi connectivity index (χ4v) is 11.6. The molecule has 214 valence electrons. The molecule has 40 heavy (non-hydrogen) atoms. The molecule has 0 N–H and O–H groups in total. The maximum Gasteiger partial charge on any atom is 0.178 e. The lowest BCUT2D eigenvalue weighted by atomic mass is 9.31. The predicted octanol–water partition coefficient (Wildman–Crippen LogP) is 7.49. The summed E-state index contributed by atoms with van der Waals surface area (Å²) >= 11 is 0. The molecule has 3 saturated carbocycles. The van der Waals surface area contributed by atoms with Crippen molar-refractivity contribution >= 4 is 11.6 Å². The van der Waals surface area contributed by atoms with Crippen molar-refractivity contribution in [1.29, 1.82) is 5.26 Å². The van der Waals surface area contributed by atoms with E-state index in [1.54, 1.807) is 0 Å². The van der Waals surface area contributed by atoms with Crippen LogP contribution in [0.4, 0.5) is 0 Å². The predicted molar refractivity (Wildman–Crippen MR) is 156 cm³/mol. The highest BCUT2D eigenvalue weighted by Gasteiger charge is 2.73. The van der Waals surface area contributed by atoms with Crippen LogP contribution in [0.1, 0.15) is 100 Å². The molecule has 1 unspecified atom stereocenters. The van der Waals surface area contributed by atoms with Crippen LogP contribution >= 0.6 is 0 Å². The number of fused-ring (bicyclic) bond motifs is 7. The first kappa shape index (κ1) is 27.7. The molecule has 1 aromatic heterocycles. The minimum Gasteiger partial charge on any atom is -0.295 e. The molecular weight excluding hydrogens is 494 g/mol. The quantitative estimate of drug-likeness (QED) is 0.389. The number of carbonyl (C=O) groups excluding carboxylic acids is 2. The molecule has 5 nitrogen and oxygen atoms in total. The topological polar surface area (TPSA) is 75.8 Å². The number of allylic oxidation sites excluding steroid dienone is 4. The molecule has 0 aliphatic heterocycles. The van der Waals surface area contributed by atoms with Gasteiger partial charge in [0.15, 0.2) is 11.6 Å². The Morgan fingerprint density at radius 2 is 1.68 bits per heavy atom. The molecule has 0 aromatic carbocycles. The lowest BCUT2D eigenvalue weighted by Crippen LogP contribution is -2.68. The van der Waals surface area contributed by atoms with E-state index in [4.69, 9.17) is 0 Å². The van der Waals surface area contributed by atoms with Gasteiger partial charge >= 0.3 is 0 Å². The summed E-state index contributed by atoms with van der Waals surface area (Å²) in [5.41, 5.74) is -0.0569. The molecule has 0 radical (unpaired) electrons. The van der Waals surface area contributed by atoms with Gasteiger partial charge in [0, 0.05) is 35.7 Å². The minimum atomic E-state index is -0.637. The van der Waals surface area contributed by atoms with E-state index < -0.39 is 10.8 Å². The number of Topliss-reactive ketones (excluding diaryl/α,β-unsaturated/α-hetero) is 1. The molecule has 5 heteroatoms. The highest BCUT2D eigenvalue weighted by atomic mass is 16.1. The zero-order valence-corrected chi connectivity index (χ0v) is 25.9. The van der Waals surface area contributed by atoms with Gasteiger partial charge in [0.25, 0.3) is 0 Å². The Morgan fingerprint density at radius 3 is 2.33 bits per heavy atom. The molecule has 0 spiro atoms. The first-order valence-corrected chi connectivity index (χ1v) is 15.4. The van der Waals surface area contributed by atoms with Gasteiger partial charge in [0.05, 0.1) is 5.57 Å². The monoisotopic (exact) mass is 541 g/mol. The SMILES string of the molecule is CC1(C)CC[C@]2(Cn3cccn3)CC[C@]3(C)[C@H](C(=O)C=C4[C@@]5(C)C=C(C#N)C(=O)C(C)(C)C5CC[C@]43C)[C@]2(C)C1. The van der Waals surface area contributed by atoms with Gasteiger partial charge in [0.2, 0.25) is 0 Å². The highest BCUT2D eigenvalue weighted by molar-refractivity contribution is 6.04. The maximum atomic E-state index is 14.8. The molecule has 5 aliphatic carbocycles. The van der Waals surface area contributed by atoms with Gasteiger partial charge in [-0.3, -0.25) is 14.3 Å². The van der Waals surface area contributed by atoms with Crippen molar-refractivity contribution < 1.29 is 9.59 Å². The normalized spacial score (nSPS) is 45.2. The average Bonchev–Trinajstić information content (AvgIpc) is 3.36. The van der Waals surface area contributed by atoms with Gasteiger partial charge in [-0.15, -0.1) is 0 Å². The van der Waals surface area contributed by atoms with Crippen LogP contribution in [0.3, 0.4) is 0 Å². The lowest BCUT2D eigenvalue weighted by molar-refractivity contribution is -0.211. The Bertz CT molecular complexity index is 1390.